The highest BCUT2D eigenvalue weighted by Gasteiger charge is 2.30. The highest BCUT2D eigenvalue weighted by Crippen LogP contribution is 2.36. The topological polar surface area (TPSA) is 110 Å². The van der Waals surface area contributed by atoms with Crippen molar-refractivity contribution in [1.82, 2.24) is 28.9 Å². The first-order valence-electron chi connectivity index (χ1n) is 19.6. The summed E-state index contributed by atoms with van der Waals surface area (Å²) in [4.78, 5) is 38.9. The van der Waals surface area contributed by atoms with E-state index in [1.807, 2.05) is 31.5 Å². The molecule has 6 aromatic rings. The third-order valence-electron chi connectivity index (χ3n) is 11.6. The molecule has 2 aliphatic rings. The monoisotopic (exact) mass is 774 g/mol. The summed E-state index contributed by atoms with van der Waals surface area (Å²) in [5.41, 5.74) is 10.5. The van der Waals surface area contributed by atoms with Gasteiger partial charge in [0.15, 0.2) is 5.69 Å². The molecule has 0 saturated carbocycles. The molecule has 0 saturated heterocycles. The molecule has 2 atom stereocenters. The molecule has 2 aromatic carbocycles. The maximum Gasteiger partial charge on any atom is 0.306 e. The van der Waals surface area contributed by atoms with E-state index in [-0.39, 0.29) is 30.6 Å². The summed E-state index contributed by atoms with van der Waals surface area (Å²) >= 11 is 6.49. The number of nitrogens with zero attached hydrogens (tertiary/aromatic N) is 7. The van der Waals surface area contributed by atoms with Crippen LogP contribution in [0.25, 0.3) is 21.8 Å². The minimum Gasteiger partial charge on any atom is -0.481 e. The fourth-order valence-electron chi connectivity index (χ4n) is 8.92. The lowest BCUT2D eigenvalue weighted by Gasteiger charge is -2.28. The standard InChI is InChI=1S/C44H48ClN7O4/c1-4-56-44(55)21-32(24-52-40-8-6-33(45)22-35(40)36-25-48(3)16-12-41(36)52)38-11-17-50(27-47-38)28-49-18-13-42-37(26-49)34-19-29(2)5-7-39(34)51(42)23-31(20-43(53)54)30-9-14-46-15-10-30/h5-11,14-15,17,19,22,27,31-32H,4,12-13,16,18,20-21,23-26,28H2,1-3H3/p+1. The molecule has 11 nitrogen and oxygen atoms in total. The van der Waals surface area contributed by atoms with Crippen LogP contribution in [0.15, 0.2) is 79.5 Å². The summed E-state index contributed by atoms with van der Waals surface area (Å²) in [6.45, 7) is 9.62. The molecule has 12 heteroatoms. The summed E-state index contributed by atoms with van der Waals surface area (Å²) in [5.74, 6) is -1.39. The van der Waals surface area contributed by atoms with Gasteiger partial charge in [-0.15, -0.1) is 0 Å². The largest absolute Gasteiger partial charge is 0.481 e. The van der Waals surface area contributed by atoms with Gasteiger partial charge in [0.1, 0.15) is 6.67 Å². The van der Waals surface area contributed by atoms with Crippen LogP contribution in [-0.4, -0.2) is 72.7 Å². The van der Waals surface area contributed by atoms with Crippen molar-refractivity contribution in [3.63, 3.8) is 0 Å². The minimum atomic E-state index is -0.807. The van der Waals surface area contributed by atoms with Gasteiger partial charge in [0.25, 0.3) is 6.33 Å². The number of carboxylic acid groups (broad SMARTS) is 1. The lowest BCUT2D eigenvalue weighted by Crippen LogP contribution is -2.45. The van der Waals surface area contributed by atoms with Crippen LogP contribution in [0.4, 0.5) is 0 Å². The number of esters is 1. The molecule has 0 spiro atoms. The Morgan fingerprint density at radius 3 is 2.30 bits per heavy atom. The van der Waals surface area contributed by atoms with Gasteiger partial charge in [0.05, 0.1) is 31.6 Å². The Morgan fingerprint density at radius 2 is 1.59 bits per heavy atom. The van der Waals surface area contributed by atoms with E-state index >= 15 is 0 Å². The Bertz CT molecular complexity index is 2390. The predicted octanol–water partition coefficient (Wildman–Crippen LogP) is 6.63. The van der Waals surface area contributed by atoms with Crippen LogP contribution in [0.2, 0.25) is 5.02 Å². The Labute approximate surface area is 332 Å². The molecule has 56 heavy (non-hydrogen) atoms. The van der Waals surface area contributed by atoms with Crippen molar-refractivity contribution in [2.45, 2.75) is 84.2 Å². The number of hydrogen-bond acceptors (Lipinski definition) is 7. The van der Waals surface area contributed by atoms with Gasteiger partial charge in [-0.1, -0.05) is 28.2 Å². The number of hydrogen-bond donors (Lipinski definition) is 1. The van der Waals surface area contributed by atoms with Crippen molar-refractivity contribution in [3.8, 4) is 0 Å². The number of likely N-dealkylation sites (N-methyl/N-ethyl adjacent to an activating group) is 1. The number of aromatic nitrogens is 5. The zero-order valence-electron chi connectivity index (χ0n) is 32.3. The Balaban J connectivity index is 1.04. The fourth-order valence-corrected chi connectivity index (χ4v) is 9.10. The molecule has 0 radical (unpaired) electrons. The molecular formula is C44H49ClN7O4+. The number of carbonyl (C=O) groups excluding carboxylic acids is 1. The molecule has 0 aliphatic carbocycles. The number of halogens is 1. The summed E-state index contributed by atoms with van der Waals surface area (Å²) in [6.07, 6.45) is 9.50. The molecule has 6 heterocycles. The molecule has 290 valence electrons. The molecule has 0 amide bonds. The average molecular weight is 775 g/mol. The smallest absolute Gasteiger partial charge is 0.306 e. The second kappa shape index (κ2) is 16.2. The van der Waals surface area contributed by atoms with Crippen LogP contribution >= 0.6 is 11.6 Å². The van der Waals surface area contributed by atoms with E-state index in [0.717, 1.165) is 66.3 Å². The van der Waals surface area contributed by atoms with Crippen molar-refractivity contribution in [2.75, 3.05) is 26.7 Å². The minimum absolute atomic E-state index is 0.0490. The summed E-state index contributed by atoms with van der Waals surface area (Å²) in [5, 5.41) is 12.9. The van der Waals surface area contributed by atoms with E-state index < -0.39 is 5.97 Å². The summed E-state index contributed by atoms with van der Waals surface area (Å²) in [7, 11) is 2.15. The van der Waals surface area contributed by atoms with Crippen LogP contribution in [-0.2, 0) is 60.0 Å². The van der Waals surface area contributed by atoms with E-state index in [9.17, 15) is 14.7 Å². The number of aliphatic carboxylic acids is 1. The molecule has 8 rings (SSSR count). The van der Waals surface area contributed by atoms with Gasteiger partial charge in [-0.25, -0.2) is 4.57 Å². The van der Waals surface area contributed by atoms with Gasteiger partial charge in [-0.3, -0.25) is 19.5 Å². The normalized spacial score (nSPS) is 15.8. The Kier molecular flexibility index (Phi) is 10.9. The highest BCUT2D eigenvalue weighted by molar-refractivity contribution is 6.31. The van der Waals surface area contributed by atoms with E-state index in [1.165, 1.54) is 38.9 Å². The fraction of sp³-hybridized carbons (Fsp3) is 0.386. The molecule has 2 unspecified atom stereocenters. The van der Waals surface area contributed by atoms with Gasteiger partial charge in [-0.2, -0.15) is 0 Å². The van der Waals surface area contributed by atoms with Crippen LogP contribution < -0.4 is 4.57 Å². The SMILES string of the molecule is CCOC(=O)CC(Cn1c2c(c3cc(Cl)ccc31)CN(C)CC2)c1cc[n+](CN2CCc3c(c4cc(C)ccc4n3CC(CC(=O)O)c3ccncc3)C2)cn1. The van der Waals surface area contributed by atoms with E-state index in [1.54, 1.807) is 12.4 Å². The van der Waals surface area contributed by atoms with Gasteiger partial charge in [0.2, 0.25) is 0 Å². The van der Waals surface area contributed by atoms with Crippen LogP contribution in [0, 0.1) is 6.92 Å². The maximum atomic E-state index is 13.0. The number of carboxylic acids is 1. The number of benzene rings is 2. The first kappa shape index (κ1) is 37.8. The molecule has 2 aliphatic heterocycles. The summed E-state index contributed by atoms with van der Waals surface area (Å²) in [6, 6.07) is 18.6. The average Bonchev–Trinajstić information content (AvgIpc) is 3.64. The Hall–Kier alpha value is -5.10. The second-order valence-corrected chi connectivity index (χ2v) is 15.9. The first-order chi connectivity index (χ1) is 27.1. The number of ether oxygens (including phenoxy) is 1. The van der Waals surface area contributed by atoms with Crippen molar-refractivity contribution in [2.24, 2.45) is 0 Å². The number of pyridine rings is 1. The van der Waals surface area contributed by atoms with E-state index in [0.29, 0.717) is 26.4 Å². The van der Waals surface area contributed by atoms with Crippen molar-refractivity contribution >= 4 is 45.3 Å². The molecular weight excluding hydrogens is 726 g/mol. The third-order valence-corrected chi connectivity index (χ3v) is 11.8. The van der Waals surface area contributed by atoms with Crippen molar-refractivity contribution < 1.29 is 24.0 Å². The zero-order chi connectivity index (χ0) is 38.9. The molecule has 4 aromatic heterocycles. The zero-order valence-corrected chi connectivity index (χ0v) is 33.1. The van der Waals surface area contributed by atoms with Crippen molar-refractivity contribution in [3.05, 3.63) is 124 Å². The second-order valence-electron chi connectivity index (χ2n) is 15.5. The number of rotatable bonds is 13. The van der Waals surface area contributed by atoms with Crippen LogP contribution in [0.3, 0.4) is 0 Å². The quantitative estimate of drug-likeness (QED) is 0.103. The van der Waals surface area contributed by atoms with E-state index in [4.69, 9.17) is 21.3 Å². The summed E-state index contributed by atoms with van der Waals surface area (Å²) < 4.78 is 12.3. The molecule has 0 fully saturated rings. The van der Waals surface area contributed by atoms with Crippen molar-refractivity contribution in [1.29, 1.82) is 0 Å². The van der Waals surface area contributed by atoms with Gasteiger partial charge >= 0.3 is 11.9 Å². The number of carbonyl (C=O) groups is 2. The van der Waals surface area contributed by atoms with E-state index in [2.05, 4.69) is 85.1 Å². The Morgan fingerprint density at radius 1 is 0.893 bits per heavy atom. The third kappa shape index (κ3) is 7.80. The van der Waals surface area contributed by atoms with Gasteiger partial charge in [0, 0.05) is 115 Å². The number of aryl methyl sites for hydroxylation is 1. The number of fused-ring (bicyclic) bond motifs is 6. The highest BCUT2D eigenvalue weighted by atomic mass is 35.5. The van der Waals surface area contributed by atoms with Crippen LogP contribution in [0.5, 0.6) is 0 Å². The van der Waals surface area contributed by atoms with Crippen LogP contribution in [0.1, 0.15) is 70.9 Å². The first-order valence-corrected chi connectivity index (χ1v) is 20.0. The lowest BCUT2D eigenvalue weighted by molar-refractivity contribution is -0.719. The molecule has 0 bridgehead atoms. The maximum absolute atomic E-state index is 13.0. The lowest BCUT2D eigenvalue weighted by atomic mass is 9.96. The van der Waals surface area contributed by atoms with Gasteiger partial charge < -0.3 is 23.9 Å². The molecule has 1 N–H and O–H groups in total. The predicted molar refractivity (Wildman–Crippen MR) is 215 cm³/mol. The van der Waals surface area contributed by atoms with Gasteiger partial charge in [-0.05, 0) is 80.1 Å².